The van der Waals surface area contributed by atoms with Crippen LogP contribution in [0.25, 0.3) is 0 Å². The normalized spacial score (nSPS) is 34.8. The molecular weight excluding hydrogens is 236 g/mol. The predicted molar refractivity (Wildman–Crippen MR) is 78.9 cm³/mol. The van der Waals surface area contributed by atoms with Crippen LogP contribution in [0.15, 0.2) is 0 Å². The molecule has 3 nitrogen and oxygen atoms in total. The van der Waals surface area contributed by atoms with Gasteiger partial charge in [0.05, 0.1) is 0 Å². The van der Waals surface area contributed by atoms with Gasteiger partial charge < -0.3 is 10.6 Å². The Morgan fingerprint density at radius 3 is 2.74 bits per heavy atom. The first kappa shape index (κ1) is 14.8. The van der Waals surface area contributed by atoms with Crippen molar-refractivity contribution in [2.45, 2.75) is 65.3 Å². The maximum atomic E-state index is 12.4. The predicted octanol–water partition coefficient (Wildman–Crippen LogP) is 2.71. The summed E-state index contributed by atoms with van der Waals surface area (Å²) in [7, 11) is 0. The van der Waals surface area contributed by atoms with Crippen LogP contribution in [0.3, 0.4) is 0 Å². The fraction of sp³-hybridized carbons (Fsp3) is 0.938. The number of carbonyl (C=O) groups excluding carboxylic acids is 1. The second kappa shape index (κ2) is 6.25. The molecule has 1 aliphatic heterocycles. The summed E-state index contributed by atoms with van der Waals surface area (Å²) in [6.07, 6.45) is 7.27. The lowest BCUT2D eigenvalue weighted by molar-refractivity contribution is -0.130. The van der Waals surface area contributed by atoms with Gasteiger partial charge in [-0.1, -0.05) is 33.6 Å². The summed E-state index contributed by atoms with van der Waals surface area (Å²) < 4.78 is 0. The molecule has 0 radical (unpaired) electrons. The number of piperidine rings is 1. The molecular formula is C16H30N2O. The zero-order chi connectivity index (χ0) is 13.9. The van der Waals surface area contributed by atoms with Crippen molar-refractivity contribution >= 4 is 5.91 Å². The Hall–Kier alpha value is -0.570. The summed E-state index contributed by atoms with van der Waals surface area (Å²) in [5, 5.41) is 6.74. The van der Waals surface area contributed by atoms with E-state index in [0.717, 1.165) is 19.5 Å². The van der Waals surface area contributed by atoms with E-state index in [1.165, 1.54) is 32.1 Å². The van der Waals surface area contributed by atoms with Crippen LogP contribution in [-0.2, 0) is 4.79 Å². The SMILES string of the molecule is CC1CCCNC1CNC(=O)C1CCCCC1(C)C. The van der Waals surface area contributed by atoms with E-state index in [2.05, 4.69) is 31.4 Å². The zero-order valence-corrected chi connectivity index (χ0v) is 12.8. The minimum Gasteiger partial charge on any atom is -0.354 e. The minimum atomic E-state index is 0.175. The lowest BCUT2D eigenvalue weighted by Gasteiger charge is -2.38. The van der Waals surface area contributed by atoms with E-state index >= 15 is 0 Å². The van der Waals surface area contributed by atoms with E-state index in [4.69, 9.17) is 0 Å². The average molecular weight is 266 g/mol. The number of nitrogens with one attached hydrogen (secondary N) is 2. The van der Waals surface area contributed by atoms with Crippen molar-refractivity contribution in [2.75, 3.05) is 13.1 Å². The molecule has 19 heavy (non-hydrogen) atoms. The molecule has 0 aromatic heterocycles. The third-order valence-corrected chi connectivity index (χ3v) is 5.25. The quantitative estimate of drug-likeness (QED) is 0.824. The van der Waals surface area contributed by atoms with Crippen molar-refractivity contribution in [1.29, 1.82) is 0 Å². The van der Waals surface area contributed by atoms with Gasteiger partial charge in [0.2, 0.25) is 5.91 Å². The van der Waals surface area contributed by atoms with Gasteiger partial charge in [0.15, 0.2) is 0 Å². The first-order valence-corrected chi connectivity index (χ1v) is 8.02. The summed E-state index contributed by atoms with van der Waals surface area (Å²) in [4.78, 5) is 12.4. The summed E-state index contributed by atoms with van der Waals surface area (Å²) in [5.74, 6) is 1.16. The van der Waals surface area contributed by atoms with Crippen LogP contribution in [0.2, 0.25) is 0 Å². The molecule has 1 amide bonds. The first-order chi connectivity index (χ1) is 9.00. The van der Waals surface area contributed by atoms with Gasteiger partial charge in [0.25, 0.3) is 0 Å². The molecule has 2 N–H and O–H groups in total. The average Bonchev–Trinajstić information content (AvgIpc) is 2.37. The maximum absolute atomic E-state index is 12.4. The third-order valence-electron chi connectivity index (χ3n) is 5.25. The Bertz CT molecular complexity index is 314. The highest BCUT2D eigenvalue weighted by Crippen LogP contribution is 2.40. The highest BCUT2D eigenvalue weighted by atomic mass is 16.1. The van der Waals surface area contributed by atoms with Crippen LogP contribution in [0.5, 0.6) is 0 Å². The lowest BCUT2D eigenvalue weighted by atomic mass is 9.68. The van der Waals surface area contributed by atoms with Crippen LogP contribution >= 0.6 is 0 Å². The Morgan fingerprint density at radius 1 is 1.26 bits per heavy atom. The van der Waals surface area contributed by atoms with E-state index < -0.39 is 0 Å². The van der Waals surface area contributed by atoms with E-state index in [1.54, 1.807) is 0 Å². The number of amides is 1. The molecule has 0 aromatic carbocycles. The molecule has 110 valence electrons. The van der Waals surface area contributed by atoms with Crippen LogP contribution in [-0.4, -0.2) is 25.0 Å². The molecule has 2 aliphatic rings. The van der Waals surface area contributed by atoms with E-state index in [-0.39, 0.29) is 17.2 Å². The molecule has 0 spiro atoms. The maximum Gasteiger partial charge on any atom is 0.223 e. The van der Waals surface area contributed by atoms with Crippen LogP contribution in [0.4, 0.5) is 0 Å². The Labute approximate surface area is 117 Å². The van der Waals surface area contributed by atoms with E-state index in [1.807, 2.05) is 0 Å². The van der Waals surface area contributed by atoms with Gasteiger partial charge >= 0.3 is 0 Å². The number of hydrogen-bond donors (Lipinski definition) is 2. The van der Waals surface area contributed by atoms with Crippen molar-refractivity contribution in [3.8, 4) is 0 Å². The van der Waals surface area contributed by atoms with Gasteiger partial charge in [-0.15, -0.1) is 0 Å². The largest absolute Gasteiger partial charge is 0.354 e. The summed E-state index contributed by atoms with van der Waals surface area (Å²) in [6.45, 7) is 8.68. The summed E-state index contributed by atoms with van der Waals surface area (Å²) in [6, 6.07) is 0.462. The van der Waals surface area contributed by atoms with E-state index in [0.29, 0.717) is 12.0 Å². The topological polar surface area (TPSA) is 41.1 Å². The van der Waals surface area contributed by atoms with Gasteiger partial charge in [-0.2, -0.15) is 0 Å². The minimum absolute atomic E-state index is 0.175. The third kappa shape index (κ3) is 3.71. The van der Waals surface area contributed by atoms with Gasteiger partial charge in [0.1, 0.15) is 0 Å². The summed E-state index contributed by atoms with van der Waals surface area (Å²) >= 11 is 0. The lowest BCUT2D eigenvalue weighted by Crippen LogP contribution is -2.50. The highest BCUT2D eigenvalue weighted by Gasteiger charge is 2.37. The Kier molecular flexibility index (Phi) is 4.88. The van der Waals surface area contributed by atoms with Crippen LogP contribution in [0, 0.1) is 17.3 Å². The zero-order valence-electron chi connectivity index (χ0n) is 12.8. The smallest absolute Gasteiger partial charge is 0.223 e. The monoisotopic (exact) mass is 266 g/mol. The molecule has 3 atom stereocenters. The van der Waals surface area contributed by atoms with Gasteiger partial charge in [-0.25, -0.2) is 0 Å². The molecule has 0 aromatic rings. The van der Waals surface area contributed by atoms with E-state index in [9.17, 15) is 4.79 Å². The number of rotatable bonds is 3. The Morgan fingerprint density at radius 2 is 2.05 bits per heavy atom. The van der Waals surface area contributed by atoms with Crippen molar-refractivity contribution < 1.29 is 4.79 Å². The second-order valence-electron chi connectivity index (χ2n) is 7.21. The molecule has 1 aliphatic carbocycles. The standard InChI is InChI=1S/C16H30N2O/c1-12-7-6-10-17-14(12)11-18-15(19)13-8-4-5-9-16(13,2)3/h12-14,17H,4-11H2,1-3H3,(H,18,19). The molecule has 3 heteroatoms. The molecule has 1 heterocycles. The summed E-state index contributed by atoms with van der Waals surface area (Å²) in [5.41, 5.74) is 0.175. The molecule has 1 saturated heterocycles. The fourth-order valence-electron chi connectivity index (χ4n) is 3.70. The molecule has 2 fully saturated rings. The molecule has 1 saturated carbocycles. The fourth-order valence-corrected chi connectivity index (χ4v) is 3.70. The van der Waals surface area contributed by atoms with Crippen molar-refractivity contribution in [3.63, 3.8) is 0 Å². The molecule has 2 rings (SSSR count). The second-order valence-corrected chi connectivity index (χ2v) is 7.21. The molecule has 3 unspecified atom stereocenters. The van der Waals surface area contributed by atoms with Crippen molar-refractivity contribution in [1.82, 2.24) is 10.6 Å². The number of hydrogen-bond acceptors (Lipinski definition) is 2. The Balaban J connectivity index is 1.83. The number of carbonyl (C=O) groups is 1. The van der Waals surface area contributed by atoms with Crippen LogP contribution in [0.1, 0.15) is 59.3 Å². The van der Waals surface area contributed by atoms with Crippen molar-refractivity contribution in [3.05, 3.63) is 0 Å². The van der Waals surface area contributed by atoms with Gasteiger partial charge in [0, 0.05) is 18.5 Å². The first-order valence-electron chi connectivity index (χ1n) is 8.02. The van der Waals surface area contributed by atoms with Gasteiger partial charge in [-0.3, -0.25) is 4.79 Å². The van der Waals surface area contributed by atoms with Crippen LogP contribution < -0.4 is 10.6 Å². The van der Waals surface area contributed by atoms with Gasteiger partial charge in [-0.05, 0) is 43.6 Å². The molecule has 0 bridgehead atoms. The highest BCUT2D eigenvalue weighted by molar-refractivity contribution is 5.79. The van der Waals surface area contributed by atoms with Crippen molar-refractivity contribution in [2.24, 2.45) is 17.3 Å².